The van der Waals surface area contributed by atoms with E-state index in [4.69, 9.17) is 9.72 Å². The second kappa shape index (κ2) is 8.71. The summed E-state index contributed by atoms with van der Waals surface area (Å²) >= 11 is 0. The molecule has 0 fully saturated rings. The first-order valence-electron chi connectivity index (χ1n) is 9.45. The molecule has 1 N–H and O–H groups in total. The molecule has 0 spiro atoms. The van der Waals surface area contributed by atoms with Crippen LogP contribution in [0.2, 0.25) is 0 Å². The van der Waals surface area contributed by atoms with Gasteiger partial charge in [-0.05, 0) is 36.6 Å². The predicted molar refractivity (Wildman–Crippen MR) is 108 cm³/mol. The number of fused-ring (bicyclic) bond motifs is 1. The predicted octanol–water partition coefficient (Wildman–Crippen LogP) is 4.06. The highest BCUT2D eigenvalue weighted by atomic mass is 16.5. The van der Waals surface area contributed by atoms with Crippen molar-refractivity contribution in [1.29, 1.82) is 0 Å². The van der Waals surface area contributed by atoms with Crippen molar-refractivity contribution in [2.24, 2.45) is 5.92 Å². The zero-order chi connectivity index (χ0) is 19.2. The quantitative estimate of drug-likeness (QED) is 0.612. The topological polar surface area (TPSA) is 56.1 Å². The molecule has 3 rings (SSSR count). The van der Waals surface area contributed by atoms with Crippen LogP contribution in [0.4, 0.5) is 0 Å². The summed E-state index contributed by atoms with van der Waals surface area (Å²) in [5.41, 5.74) is 2.78. The van der Waals surface area contributed by atoms with E-state index in [1.54, 1.807) is 19.2 Å². The van der Waals surface area contributed by atoms with Gasteiger partial charge in [-0.1, -0.05) is 38.1 Å². The Hall–Kier alpha value is -2.82. The Balaban J connectivity index is 1.63. The van der Waals surface area contributed by atoms with Crippen molar-refractivity contribution in [2.45, 2.75) is 33.2 Å². The number of aryl methyl sites for hydroxylation is 1. The summed E-state index contributed by atoms with van der Waals surface area (Å²) in [7, 11) is 1.57. The molecular weight excluding hydrogens is 338 g/mol. The molecule has 0 aliphatic rings. The second-order valence-corrected chi connectivity index (χ2v) is 7.08. The van der Waals surface area contributed by atoms with Gasteiger partial charge >= 0.3 is 0 Å². The van der Waals surface area contributed by atoms with Crippen LogP contribution in [0.3, 0.4) is 0 Å². The molecule has 0 saturated heterocycles. The summed E-state index contributed by atoms with van der Waals surface area (Å²) in [6, 6.07) is 15.5. The molecule has 0 atom stereocenters. The number of ether oxygens (including phenoxy) is 1. The third-order valence-corrected chi connectivity index (χ3v) is 4.50. The van der Waals surface area contributed by atoms with Gasteiger partial charge in [0.25, 0.3) is 5.91 Å². The van der Waals surface area contributed by atoms with E-state index in [2.05, 4.69) is 41.9 Å². The van der Waals surface area contributed by atoms with Crippen LogP contribution in [0.1, 0.15) is 36.5 Å². The van der Waals surface area contributed by atoms with Gasteiger partial charge in [-0.15, -0.1) is 0 Å². The van der Waals surface area contributed by atoms with Gasteiger partial charge in [-0.3, -0.25) is 4.79 Å². The summed E-state index contributed by atoms with van der Waals surface area (Å²) in [4.78, 5) is 17.2. The number of nitrogens with one attached hydrogen (secondary N) is 1. The lowest BCUT2D eigenvalue weighted by atomic mass is 10.2. The molecule has 0 bridgehead atoms. The Bertz CT molecular complexity index is 915. The normalized spacial score (nSPS) is 11.1. The number of carbonyl (C=O) groups is 1. The minimum absolute atomic E-state index is 0.108. The maximum atomic E-state index is 12.4. The Kier molecular flexibility index (Phi) is 6.12. The van der Waals surface area contributed by atoms with Crippen molar-refractivity contribution < 1.29 is 9.53 Å². The van der Waals surface area contributed by atoms with Crippen molar-refractivity contribution >= 4 is 16.9 Å². The third-order valence-electron chi connectivity index (χ3n) is 4.50. The van der Waals surface area contributed by atoms with Gasteiger partial charge in [0.15, 0.2) is 0 Å². The zero-order valence-corrected chi connectivity index (χ0v) is 16.2. The van der Waals surface area contributed by atoms with Crippen LogP contribution in [0.25, 0.3) is 11.0 Å². The zero-order valence-electron chi connectivity index (χ0n) is 16.2. The highest BCUT2D eigenvalue weighted by molar-refractivity contribution is 5.96. The number of rotatable bonds is 8. The number of methoxy groups -OCH3 is 1. The first-order valence-corrected chi connectivity index (χ1v) is 9.45. The molecule has 0 unspecified atom stereocenters. The second-order valence-electron chi connectivity index (χ2n) is 7.08. The summed E-state index contributed by atoms with van der Waals surface area (Å²) in [6.07, 6.45) is 1.66. The maximum Gasteiger partial charge on any atom is 0.255 e. The van der Waals surface area contributed by atoms with E-state index in [0.717, 1.165) is 30.7 Å². The molecule has 3 aromatic rings. The highest BCUT2D eigenvalue weighted by Gasteiger charge is 2.13. The van der Waals surface area contributed by atoms with Gasteiger partial charge in [0.2, 0.25) is 0 Å². The van der Waals surface area contributed by atoms with E-state index in [1.807, 2.05) is 18.2 Å². The van der Waals surface area contributed by atoms with E-state index in [9.17, 15) is 4.79 Å². The highest BCUT2D eigenvalue weighted by Crippen LogP contribution is 2.19. The van der Waals surface area contributed by atoms with Crippen molar-refractivity contribution in [2.75, 3.05) is 13.7 Å². The summed E-state index contributed by atoms with van der Waals surface area (Å²) in [6.45, 7) is 5.98. The SMILES string of the molecule is COc1ccccc1C(=O)NCCCc1nc2ccccc2n1CC(C)C. The van der Waals surface area contributed by atoms with Crippen LogP contribution in [-0.4, -0.2) is 29.1 Å². The molecule has 0 aliphatic heterocycles. The summed E-state index contributed by atoms with van der Waals surface area (Å²) in [5, 5.41) is 2.98. The van der Waals surface area contributed by atoms with Gasteiger partial charge in [-0.25, -0.2) is 4.98 Å². The fourth-order valence-electron chi connectivity index (χ4n) is 3.26. The molecule has 142 valence electrons. The maximum absolute atomic E-state index is 12.4. The smallest absolute Gasteiger partial charge is 0.255 e. The van der Waals surface area contributed by atoms with Crippen LogP contribution in [-0.2, 0) is 13.0 Å². The first-order chi connectivity index (χ1) is 13.1. The largest absolute Gasteiger partial charge is 0.496 e. The molecule has 1 aromatic heterocycles. The van der Waals surface area contributed by atoms with E-state index in [1.165, 1.54) is 5.52 Å². The molecule has 2 aromatic carbocycles. The molecule has 0 saturated carbocycles. The molecule has 0 radical (unpaired) electrons. The number of hydrogen-bond donors (Lipinski definition) is 1. The van der Waals surface area contributed by atoms with Crippen LogP contribution >= 0.6 is 0 Å². The Morgan fingerprint density at radius 2 is 1.89 bits per heavy atom. The number of carbonyl (C=O) groups excluding carboxylic acids is 1. The molecule has 1 amide bonds. The average Bonchev–Trinajstić information content (AvgIpc) is 3.02. The van der Waals surface area contributed by atoms with Gasteiger partial charge in [0.1, 0.15) is 11.6 Å². The van der Waals surface area contributed by atoms with Crippen LogP contribution in [0.5, 0.6) is 5.75 Å². The van der Waals surface area contributed by atoms with Gasteiger partial charge in [0.05, 0.1) is 23.7 Å². The van der Waals surface area contributed by atoms with Crippen molar-refractivity contribution in [3.8, 4) is 5.75 Å². The molecule has 5 heteroatoms. The Morgan fingerprint density at radius 1 is 1.15 bits per heavy atom. The minimum Gasteiger partial charge on any atom is -0.496 e. The third kappa shape index (κ3) is 4.48. The fourth-order valence-corrected chi connectivity index (χ4v) is 3.26. The Labute approximate surface area is 160 Å². The summed E-state index contributed by atoms with van der Waals surface area (Å²) < 4.78 is 7.56. The van der Waals surface area contributed by atoms with Crippen molar-refractivity contribution in [3.63, 3.8) is 0 Å². The van der Waals surface area contributed by atoms with E-state index < -0.39 is 0 Å². The lowest BCUT2D eigenvalue weighted by Gasteiger charge is -2.12. The number of nitrogens with zero attached hydrogens (tertiary/aromatic N) is 2. The molecule has 27 heavy (non-hydrogen) atoms. The number of hydrogen-bond acceptors (Lipinski definition) is 3. The van der Waals surface area contributed by atoms with E-state index in [0.29, 0.717) is 23.8 Å². The van der Waals surface area contributed by atoms with Crippen molar-refractivity contribution in [3.05, 3.63) is 59.9 Å². The fraction of sp³-hybridized carbons (Fsp3) is 0.364. The van der Waals surface area contributed by atoms with E-state index >= 15 is 0 Å². The molecular formula is C22H27N3O2. The van der Waals surface area contributed by atoms with Crippen molar-refractivity contribution in [1.82, 2.24) is 14.9 Å². The van der Waals surface area contributed by atoms with Gasteiger partial charge < -0.3 is 14.6 Å². The van der Waals surface area contributed by atoms with Crippen LogP contribution in [0.15, 0.2) is 48.5 Å². The number of amides is 1. The standard InChI is InChI=1S/C22H27N3O2/c1-16(2)15-25-19-11-6-5-10-18(19)24-21(25)13-8-14-23-22(26)17-9-4-7-12-20(17)27-3/h4-7,9-12,16H,8,13-15H2,1-3H3,(H,23,26). The van der Waals surface area contributed by atoms with Crippen LogP contribution in [0, 0.1) is 5.92 Å². The lowest BCUT2D eigenvalue weighted by molar-refractivity contribution is 0.0950. The van der Waals surface area contributed by atoms with Crippen LogP contribution < -0.4 is 10.1 Å². The first kappa shape index (κ1) is 19.0. The van der Waals surface area contributed by atoms with E-state index in [-0.39, 0.29) is 5.91 Å². The van der Waals surface area contributed by atoms with Gasteiger partial charge in [-0.2, -0.15) is 0 Å². The lowest BCUT2D eigenvalue weighted by Crippen LogP contribution is -2.25. The average molecular weight is 365 g/mol. The number of aromatic nitrogens is 2. The molecule has 5 nitrogen and oxygen atoms in total. The number of imidazole rings is 1. The minimum atomic E-state index is -0.108. The molecule has 0 aliphatic carbocycles. The van der Waals surface area contributed by atoms with Gasteiger partial charge in [0, 0.05) is 19.5 Å². The summed E-state index contributed by atoms with van der Waals surface area (Å²) in [5.74, 6) is 2.11. The monoisotopic (exact) mass is 365 g/mol. The molecule has 1 heterocycles. The number of para-hydroxylation sites is 3. The Morgan fingerprint density at radius 3 is 2.67 bits per heavy atom. The number of benzene rings is 2.